The third kappa shape index (κ3) is 10.1. The predicted octanol–water partition coefficient (Wildman–Crippen LogP) is 2.97. The zero-order chi connectivity index (χ0) is 38.9. The molecule has 5 atom stereocenters. The SMILES string of the molecule is C=CCNC(=O)C(=O)C(CCC)NC(=O)[C@@H]1[C@@H](C(C)C)CCN1C(=O)[C@@H](NC(=O)N[C@H](CN(C)c1c(CC)c(=O)c1=O)C(C)(C)C)C1CCCCC1. The summed E-state index contributed by atoms with van der Waals surface area (Å²) < 4.78 is 0. The zero-order valence-corrected chi connectivity index (χ0v) is 32.6. The molecule has 1 saturated carbocycles. The first kappa shape index (κ1) is 42.4. The molecule has 1 aliphatic carbocycles. The number of rotatable bonds is 17. The summed E-state index contributed by atoms with van der Waals surface area (Å²) in [6.07, 6.45) is 7.66. The van der Waals surface area contributed by atoms with Crippen molar-refractivity contribution in [3.05, 3.63) is 38.7 Å². The molecule has 1 saturated heterocycles. The van der Waals surface area contributed by atoms with Crippen LogP contribution in [-0.4, -0.2) is 85.3 Å². The highest BCUT2D eigenvalue weighted by Crippen LogP contribution is 2.34. The van der Waals surface area contributed by atoms with Crippen molar-refractivity contribution < 1.29 is 24.0 Å². The van der Waals surface area contributed by atoms with Crippen LogP contribution in [0.1, 0.15) is 105 Å². The van der Waals surface area contributed by atoms with E-state index >= 15 is 0 Å². The summed E-state index contributed by atoms with van der Waals surface area (Å²) >= 11 is 0. The quantitative estimate of drug-likeness (QED) is 0.140. The molecule has 1 aromatic rings. The van der Waals surface area contributed by atoms with Crippen LogP contribution < -0.4 is 37.0 Å². The number of carbonyl (C=O) groups excluding carboxylic acids is 5. The van der Waals surface area contributed by atoms with Crippen LogP contribution in [0.25, 0.3) is 0 Å². The Morgan fingerprint density at radius 3 is 2.17 bits per heavy atom. The average Bonchev–Trinajstić information content (AvgIpc) is 3.56. The maximum atomic E-state index is 14.6. The van der Waals surface area contributed by atoms with Crippen molar-refractivity contribution in [2.45, 2.75) is 130 Å². The van der Waals surface area contributed by atoms with Gasteiger partial charge in [0.05, 0.1) is 17.8 Å². The molecule has 13 heteroatoms. The lowest BCUT2D eigenvalue weighted by Gasteiger charge is -2.38. The minimum absolute atomic E-state index is 0.0415. The molecule has 1 heterocycles. The number of anilines is 1. The molecule has 52 heavy (non-hydrogen) atoms. The first-order chi connectivity index (χ1) is 24.5. The van der Waals surface area contributed by atoms with Crippen molar-refractivity contribution in [2.24, 2.45) is 23.2 Å². The fourth-order valence-electron chi connectivity index (χ4n) is 7.75. The Morgan fingerprint density at radius 1 is 0.962 bits per heavy atom. The Labute approximate surface area is 308 Å². The van der Waals surface area contributed by atoms with Gasteiger partial charge in [-0.3, -0.25) is 28.8 Å². The second-order valence-electron chi connectivity index (χ2n) is 16.0. The highest BCUT2D eigenvalue weighted by Gasteiger charge is 2.47. The number of nitrogens with zero attached hydrogens (tertiary/aromatic N) is 2. The third-order valence-corrected chi connectivity index (χ3v) is 10.9. The maximum absolute atomic E-state index is 14.6. The fourth-order valence-corrected chi connectivity index (χ4v) is 7.75. The number of hydrogen-bond donors (Lipinski definition) is 4. The van der Waals surface area contributed by atoms with E-state index < -0.39 is 64.1 Å². The van der Waals surface area contributed by atoms with Crippen LogP contribution in [0.3, 0.4) is 0 Å². The molecule has 5 amide bonds. The van der Waals surface area contributed by atoms with Crippen LogP contribution in [0.4, 0.5) is 10.5 Å². The number of urea groups is 1. The van der Waals surface area contributed by atoms with E-state index in [2.05, 4.69) is 27.8 Å². The van der Waals surface area contributed by atoms with Crippen LogP contribution in [0.15, 0.2) is 22.2 Å². The summed E-state index contributed by atoms with van der Waals surface area (Å²) in [4.78, 5) is 96.0. The molecule has 0 spiro atoms. The number of hydrogen-bond acceptors (Lipinski definition) is 8. The minimum Gasteiger partial charge on any atom is -0.369 e. The molecule has 1 aromatic carbocycles. The van der Waals surface area contributed by atoms with Gasteiger partial charge in [-0.1, -0.05) is 80.2 Å². The van der Waals surface area contributed by atoms with E-state index in [1.807, 2.05) is 48.5 Å². The second kappa shape index (κ2) is 18.6. The molecule has 0 radical (unpaired) electrons. The van der Waals surface area contributed by atoms with Crippen LogP contribution in [-0.2, 0) is 25.6 Å². The molecule has 1 unspecified atom stereocenters. The van der Waals surface area contributed by atoms with Crippen molar-refractivity contribution in [2.75, 3.05) is 31.6 Å². The predicted molar refractivity (Wildman–Crippen MR) is 203 cm³/mol. The summed E-state index contributed by atoms with van der Waals surface area (Å²) in [6, 6.07) is -3.81. The Kier molecular flexibility index (Phi) is 15.2. The lowest BCUT2D eigenvalue weighted by atomic mass is 9.82. The summed E-state index contributed by atoms with van der Waals surface area (Å²) in [5, 5.41) is 11.4. The average molecular weight is 727 g/mol. The van der Waals surface area contributed by atoms with Crippen LogP contribution in [0, 0.1) is 23.2 Å². The topological polar surface area (TPSA) is 174 Å². The van der Waals surface area contributed by atoms with E-state index in [4.69, 9.17) is 0 Å². The normalized spacial score (nSPS) is 19.8. The van der Waals surface area contributed by atoms with Gasteiger partial charge >= 0.3 is 6.03 Å². The highest BCUT2D eigenvalue weighted by atomic mass is 16.2. The zero-order valence-electron chi connectivity index (χ0n) is 32.6. The van der Waals surface area contributed by atoms with E-state index in [0.29, 0.717) is 37.1 Å². The van der Waals surface area contributed by atoms with Gasteiger partial charge in [-0.15, -0.1) is 6.58 Å². The molecule has 4 N–H and O–H groups in total. The van der Waals surface area contributed by atoms with Crippen LogP contribution in [0.5, 0.6) is 0 Å². The molecule has 290 valence electrons. The van der Waals surface area contributed by atoms with E-state index in [1.54, 1.807) is 16.8 Å². The van der Waals surface area contributed by atoms with Crippen LogP contribution >= 0.6 is 0 Å². The number of likely N-dealkylation sites (N-methyl/N-ethyl adjacent to an activating group) is 1. The Bertz CT molecular complexity index is 1520. The number of Topliss-reactive ketones (excluding diaryl/α,β-unsaturated/α-hetero) is 1. The Balaban J connectivity index is 1.87. The Morgan fingerprint density at radius 2 is 1.62 bits per heavy atom. The van der Waals surface area contributed by atoms with Gasteiger partial charge in [0.1, 0.15) is 12.1 Å². The van der Waals surface area contributed by atoms with Gasteiger partial charge in [0, 0.05) is 32.2 Å². The molecule has 0 bridgehead atoms. The van der Waals surface area contributed by atoms with E-state index in [-0.39, 0.29) is 43.2 Å². The van der Waals surface area contributed by atoms with Crippen molar-refractivity contribution >= 4 is 35.2 Å². The lowest BCUT2D eigenvalue weighted by molar-refractivity contribution is -0.144. The molecular weight excluding hydrogens is 664 g/mol. The van der Waals surface area contributed by atoms with Crippen molar-refractivity contribution in [3.8, 4) is 0 Å². The van der Waals surface area contributed by atoms with E-state index in [9.17, 15) is 33.6 Å². The fraction of sp³-hybridized carbons (Fsp3) is 0.718. The number of likely N-dealkylation sites (tertiary alicyclic amines) is 1. The standard InChI is InChI=1S/C39H62N6O7/c1-10-16-27(33(47)36(50)40-20-11-2)41-35(49)31-26(23(4)5)19-21-45(31)37(51)29(24-17-14-13-15-18-24)43-38(52)42-28(39(6,7)8)22-44(9)30-25(12-3)32(46)34(30)48/h11,23-24,26-29,31H,2,10,12-22H2,1,3-9H3,(H,40,50)(H,41,49)(H2,42,43,52)/t26-,27?,28-,29+,31+/m1/s1. The summed E-state index contributed by atoms with van der Waals surface area (Å²) in [7, 11) is 1.73. The summed E-state index contributed by atoms with van der Waals surface area (Å²) in [5.74, 6) is -2.67. The monoisotopic (exact) mass is 726 g/mol. The summed E-state index contributed by atoms with van der Waals surface area (Å²) in [6.45, 7) is 17.8. The van der Waals surface area contributed by atoms with Gasteiger partial charge in [-0.25, -0.2) is 4.79 Å². The van der Waals surface area contributed by atoms with Crippen molar-refractivity contribution in [1.29, 1.82) is 0 Å². The highest BCUT2D eigenvalue weighted by molar-refractivity contribution is 6.38. The molecule has 13 nitrogen and oxygen atoms in total. The van der Waals surface area contributed by atoms with Gasteiger partial charge in [0.2, 0.25) is 28.5 Å². The molecule has 0 aromatic heterocycles. The van der Waals surface area contributed by atoms with Gasteiger partial charge in [0.15, 0.2) is 0 Å². The van der Waals surface area contributed by atoms with Crippen molar-refractivity contribution in [3.63, 3.8) is 0 Å². The number of ketones is 1. The first-order valence-corrected chi connectivity index (χ1v) is 19.1. The third-order valence-electron chi connectivity index (χ3n) is 10.9. The van der Waals surface area contributed by atoms with Crippen LogP contribution in [0.2, 0.25) is 0 Å². The van der Waals surface area contributed by atoms with Gasteiger partial charge < -0.3 is 31.1 Å². The molecule has 2 aliphatic rings. The molecule has 3 rings (SSSR count). The second-order valence-corrected chi connectivity index (χ2v) is 16.0. The lowest BCUT2D eigenvalue weighted by Crippen LogP contribution is -2.61. The molecule has 2 fully saturated rings. The largest absolute Gasteiger partial charge is 0.369 e. The Hall–Kier alpha value is -4.03. The van der Waals surface area contributed by atoms with Gasteiger partial charge in [-0.2, -0.15) is 0 Å². The maximum Gasteiger partial charge on any atom is 0.315 e. The van der Waals surface area contributed by atoms with Crippen molar-refractivity contribution in [1.82, 2.24) is 26.2 Å². The van der Waals surface area contributed by atoms with E-state index in [1.165, 1.54) is 6.08 Å². The minimum atomic E-state index is -1.05. The number of nitrogens with one attached hydrogen (secondary N) is 4. The molecular formula is C39H62N6O7. The smallest absolute Gasteiger partial charge is 0.315 e. The first-order valence-electron chi connectivity index (χ1n) is 19.1. The molecule has 1 aliphatic heterocycles. The number of amides is 5. The van der Waals surface area contributed by atoms with Gasteiger partial charge in [-0.05, 0) is 55.3 Å². The number of carbonyl (C=O) groups is 5. The van der Waals surface area contributed by atoms with E-state index in [0.717, 1.165) is 32.1 Å². The van der Waals surface area contributed by atoms with Gasteiger partial charge in [0.25, 0.3) is 5.91 Å². The summed E-state index contributed by atoms with van der Waals surface area (Å²) in [5.41, 5.74) is -0.580.